The molecule has 0 saturated carbocycles. The summed E-state index contributed by atoms with van der Waals surface area (Å²) in [6, 6.07) is 0.644. The third kappa shape index (κ3) is 5.23. The minimum absolute atomic E-state index is 0.644. The molecule has 0 aromatic rings. The van der Waals surface area contributed by atoms with E-state index in [-0.39, 0.29) is 0 Å². The van der Waals surface area contributed by atoms with Crippen LogP contribution in [0.5, 0.6) is 0 Å². The van der Waals surface area contributed by atoms with Crippen LogP contribution >= 0.6 is 31.9 Å². The molecule has 17 heavy (non-hydrogen) atoms. The first-order valence-electron chi connectivity index (χ1n) is 6.28. The second-order valence-corrected chi connectivity index (χ2v) is 5.84. The summed E-state index contributed by atoms with van der Waals surface area (Å²) in [5.74, 6) is 0.679. The Hall–Kier alpha value is 0.330. The number of allylic oxidation sites excluding steroid dienone is 1. The molecule has 0 aromatic carbocycles. The van der Waals surface area contributed by atoms with Crippen molar-refractivity contribution in [2.75, 3.05) is 17.2 Å². The molecule has 2 N–H and O–H groups in total. The van der Waals surface area contributed by atoms with Gasteiger partial charge in [-0.25, -0.2) is 0 Å². The lowest BCUT2D eigenvalue weighted by Crippen LogP contribution is -2.40. The minimum Gasteiger partial charge on any atom is -0.313 e. The van der Waals surface area contributed by atoms with Crippen LogP contribution in [0.1, 0.15) is 32.6 Å². The summed E-state index contributed by atoms with van der Waals surface area (Å²) in [6.07, 6.45) is 6.73. The third-order valence-corrected chi connectivity index (χ3v) is 4.93. The van der Waals surface area contributed by atoms with Crippen LogP contribution in [0.2, 0.25) is 0 Å². The van der Waals surface area contributed by atoms with Gasteiger partial charge in [-0.3, -0.25) is 0 Å². The highest BCUT2D eigenvalue weighted by atomic mass is 79.9. The van der Waals surface area contributed by atoms with Gasteiger partial charge in [0.05, 0.1) is 0 Å². The fourth-order valence-electron chi connectivity index (χ4n) is 2.31. The van der Waals surface area contributed by atoms with E-state index in [2.05, 4.69) is 50.2 Å². The van der Waals surface area contributed by atoms with Crippen molar-refractivity contribution >= 4 is 37.6 Å². The van der Waals surface area contributed by atoms with Crippen molar-refractivity contribution < 1.29 is 0 Å². The lowest BCUT2D eigenvalue weighted by Gasteiger charge is -2.30. The molecule has 0 amide bonds. The molecule has 1 rings (SSSR count). The van der Waals surface area contributed by atoms with Crippen LogP contribution < -0.4 is 5.32 Å². The average Bonchev–Trinajstić information content (AvgIpc) is 2.39. The second kappa shape index (κ2) is 8.44. The normalized spacial score (nSPS) is 25.9. The summed E-state index contributed by atoms with van der Waals surface area (Å²) in [7, 11) is 0. The maximum atomic E-state index is 7.69. The molecule has 0 aliphatic carbocycles. The van der Waals surface area contributed by atoms with Gasteiger partial charge in [-0.1, -0.05) is 43.5 Å². The monoisotopic (exact) mass is 364 g/mol. The fourth-order valence-corrected chi connectivity index (χ4v) is 3.14. The lowest BCUT2D eigenvalue weighted by atomic mass is 9.86. The van der Waals surface area contributed by atoms with Crippen LogP contribution in [0, 0.1) is 11.3 Å². The van der Waals surface area contributed by atoms with Crippen molar-refractivity contribution in [1.82, 2.24) is 5.32 Å². The predicted octanol–water partition coefficient (Wildman–Crippen LogP) is 3.89. The molecule has 1 fully saturated rings. The Bertz CT molecular complexity index is 269. The predicted molar refractivity (Wildman–Crippen MR) is 82.8 cm³/mol. The molecule has 2 unspecified atom stereocenters. The smallest absolute Gasteiger partial charge is 0.0410 e. The molecular weight excluding hydrogens is 344 g/mol. The number of rotatable bonds is 6. The highest BCUT2D eigenvalue weighted by molar-refractivity contribution is 9.09. The Morgan fingerprint density at radius 3 is 2.59 bits per heavy atom. The van der Waals surface area contributed by atoms with E-state index in [9.17, 15) is 0 Å². The van der Waals surface area contributed by atoms with Crippen LogP contribution in [0.15, 0.2) is 11.6 Å². The Morgan fingerprint density at radius 1 is 1.35 bits per heavy atom. The van der Waals surface area contributed by atoms with Gasteiger partial charge in [0, 0.05) is 29.0 Å². The summed E-state index contributed by atoms with van der Waals surface area (Å²) in [5, 5.41) is 13.0. The first kappa shape index (κ1) is 15.4. The number of nitrogens with one attached hydrogen (secondary N) is 2. The number of hydrogen-bond donors (Lipinski definition) is 2. The number of halogens is 2. The molecule has 2 atom stereocenters. The van der Waals surface area contributed by atoms with Gasteiger partial charge in [0.15, 0.2) is 0 Å². The van der Waals surface area contributed by atoms with Gasteiger partial charge in [-0.15, -0.1) is 0 Å². The van der Waals surface area contributed by atoms with Gasteiger partial charge >= 0.3 is 0 Å². The van der Waals surface area contributed by atoms with Gasteiger partial charge < -0.3 is 10.7 Å². The third-order valence-electron chi connectivity index (χ3n) is 3.47. The maximum absolute atomic E-state index is 7.69. The topological polar surface area (TPSA) is 35.9 Å². The van der Waals surface area contributed by atoms with E-state index in [1.165, 1.54) is 18.4 Å². The Balaban J connectivity index is 2.39. The zero-order chi connectivity index (χ0) is 12.7. The molecule has 1 aliphatic heterocycles. The van der Waals surface area contributed by atoms with Crippen molar-refractivity contribution in [2.45, 2.75) is 38.6 Å². The zero-order valence-corrected chi connectivity index (χ0v) is 13.6. The lowest BCUT2D eigenvalue weighted by molar-refractivity contribution is 0.355. The Morgan fingerprint density at radius 2 is 2.12 bits per heavy atom. The first-order chi connectivity index (χ1) is 8.21. The number of piperidine rings is 1. The molecule has 0 spiro atoms. The largest absolute Gasteiger partial charge is 0.313 e. The van der Waals surface area contributed by atoms with Crippen LogP contribution in [-0.4, -0.2) is 29.0 Å². The van der Waals surface area contributed by atoms with Crippen LogP contribution in [0.4, 0.5) is 0 Å². The van der Waals surface area contributed by atoms with Crippen molar-refractivity contribution in [3.8, 4) is 0 Å². The van der Waals surface area contributed by atoms with Crippen molar-refractivity contribution in [3.05, 3.63) is 11.6 Å². The van der Waals surface area contributed by atoms with Crippen molar-refractivity contribution in [2.24, 2.45) is 5.92 Å². The van der Waals surface area contributed by atoms with Crippen LogP contribution in [0.25, 0.3) is 0 Å². The van der Waals surface area contributed by atoms with Crippen molar-refractivity contribution in [3.63, 3.8) is 0 Å². The number of hydrogen-bond acceptors (Lipinski definition) is 2. The molecule has 4 heteroatoms. The average molecular weight is 366 g/mol. The van der Waals surface area contributed by atoms with Crippen molar-refractivity contribution in [1.29, 1.82) is 5.41 Å². The SMILES string of the molecule is C/C=C(\CCC(=N)CBr)C1CCC(CBr)NC1. The fraction of sp³-hybridized carbons (Fsp3) is 0.769. The molecule has 1 aliphatic rings. The molecule has 2 nitrogen and oxygen atoms in total. The van der Waals surface area contributed by atoms with Gasteiger partial charge in [-0.2, -0.15) is 0 Å². The summed E-state index contributed by atoms with van der Waals surface area (Å²) in [6.45, 7) is 3.22. The van der Waals surface area contributed by atoms with E-state index in [0.717, 1.165) is 30.4 Å². The first-order valence-corrected chi connectivity index (χ1v) is 8.52. The van der Waals surface area contributed by atoms with E-state index in [4.69, 9.17) is 5.41 Å². The zero-order valence-electron chi connectivity index (χ0n) is 10.4. The maximum Gasteiger partial charge on any atom is 0.0410 e. The Labute approximate surface area is 121 Å². The molecule has 98 valence electrons. The van der Waals surface area contributed by atoms with E-state index in [1.54, 1.807) is 0 Å². The van der Waals surface area contributed by atoms with Crippen LogP contribution in [0.3, 0.4) is 0 Å². The van der Waals surface area contributed by atoms with Gasteiger partial charge in [0.25, 0.3) is 0 Å². The number of alkyl halides is 2. The second-order valence-electron chi connectivity index (χ2n) is 4.63. The molecule has 0 radical (unpaired) electrons. The van der Waals surface area contributed by atoms with E-state index in [1.807, 2.05) is 0 Å². The highest BCUT2D eigenvalue weighted by Gasteiger charge is 2.22. The minimum atomic E-state index is 0.644. The highest BCUT2D eigenvalue weighted by Crippen LogP contribution is 2.25. The summed E-state index contributed by atoms with van der Waals surface area (Å²) in [5.41, 5.74) is 2.32. The molecule has 0 bridgehead atoms. The molecule has 1 heterocycles. The summed E-state index contributed by atoms with van der Waals surface area (Å²) < 4.78 is 0. The van der Waals surface area contributed by atoms with Crippen LogP contribution in [-0.2, 0) is 0 Å². The molecule has 0 aromatic heterocycles. The standard InChI is InChI=1S/C13H22Br2N2/c1-2-10(3-5-12(16)7-14)11-4-6-13(8-15)17-9-11/h2,11,13,16-17H,3-9H2,1H3/b10-2+,16-12?. The van der Waals surface area contributed by atoms with E-state index < -0.39 is 0 Å². The van der Waals surface area contributed by atoms with E-state index >= 15 is 0 Å². The van der Waals surface area contributed by atoms with E-state index in [0.29, 0.717) is 17.3 Å². The molecular formula is C13H22Br2N2. The Kier molecular flexibility index (Phi) is 7.64. The van der Waals surface area contributed by atoms with Gasteiger partial charge in [0.1, 0.15) is 0 Å². The quantitative estimate of drug-likeness (QED) is 0.418. The molecule has 1 saturated heterocycles. The summed E-state index contributed by atoms with van der Waals surface area (Å²) in [4.78, 5) is 0. The summed E-state index contributed by atoms with van der Waals surface area (Å²) >= 11 is 6.87. The van der Waals surface area contributed by atoms with Gasteiger partial charge in [0.2, 0.25) is 0 Å². The van der Waals surface area contributed by atoms with Gasteiger partial charge in [-0.05, 0) is 38.5 Å².